The first-order chi connectivity index (χ1) is 12.1. The topological polar surface area (TPSA) is 85.8 Å². The van der Waals surface area contributed by atoms with Crippen LogP contribution in [0.2, 0.25) is 0 Å². The molecule has 0 radical (unpaired) electrons. The van der Waals surface area contributed by atoms with E-state index < -0.39 is 0 Å². The first-order valence-corrected chi connectivity index (χ1v) is 8.74. The number of hydrogen-bond donors (Lipinski definition) is 3. The second-order valence-electron chi connectivity index (χ2n) is 5.94. The number of carbonyl (C=O) groups is 2. The molecule has 0 aliphatic carbocycles. The van der Waals surface area contributed by atoms with Gasteiger partial charge in [-0.3, -0.25) is 14.6 Å². The summed E-state index contributed by atoms with van der Waals surface area (Å²) in [5.74, 6) is 0.715. The van der Waals surface area contributed by atoms with E-state index >= 15 is 0 Å². The number of rotatable bonds is 7. The van der Waals surface area contributed by atoms with Gasteiger partial charge in [0.25, 0.3) is 0 Å². The van der Waals surface area contributed by atoms with Crippen molar-refractivity contribution in [2.45, 2.75) is 32.7 Å². The van der Waals surface area contributed by atoms with Gasteiger partial charge in [-0.15, -0.1) is 24.0 Å². The first kappa shape index (κ1) is 22.2. The zero-order chi connectivity index (χ0) is 18.1. The van der Waals surface area contributed by atoms with Crippen molar-refractivity contribution >= 4 is 47.4 Å². The summed E-state index contributed by atoms with van der Waals surface area (Å²) in [4.78, 5) is 29.3. The summed E-state index contributed by atoms with van der Waals surface area (Å²) in [6.45, 7) is 4.27. The van der Waals surface area contributed by atoms with Crippen LogP contribution in [0, 0.1) is 0 Å². The molecule has 7 nitrogen and oxygen atoms in total. The van der Waals surface area contributed by atoms with Gasteiger partial charge in [0.15, 0.2) is 5.96 Å². The molecule has 1 aliphatic rings. The van der Waals surface area contributed by atoms with Crippen LogP contribution in [0.4, 0.5) is 5.69 Å². The van der Waals surface area contributed by atoms with Crippen molar-refractivity contribution < 1.29 is 9.59 Å². The average Bonchev–Trinajstić information content (AvgIpc) is 3.06. The summed E-state index contributed by atoms with van der Waals surface area (Å²) in [5, 5.41) is 8.96. The summed E-state index contributed by atoms with van der Waals surface area (Å²) in [6.07, 6.45) is 2.48. The van der Waals surface area contributed by atoms with E-state index in [1.165, 1.54) is 0 Å². The Kier molecular flexibility index (Phi) is 10.0. The fraction of sp³-hybridized carbons (Fsp3) is 0.500. The standard InChI is InChI=1S/C18H27N5O2.HI/c1-3-10-20-16(24)13-22-18(19-2)21-12-14-6-8-15(9-7-14)23-11-4-5-17(23)25;/h6-9H,3-5,10-13H2,1-2H3,(H,20,24)(H2,19,21,22);1H. The molecule has 2 amide bonds. The van der Waals surface area contributed by atoms with Crippen molar-refractivity contribution in [1.29, 1.82) is 0 Å². The van der Waals surface area contributed by atoms with Crippen LogP contribution >= 0.6 is 24.0 Å². The Morgan fingerprint density at radius 1 is 1.19 bits per heavy atom. The van der Waals surface area contributed by atoms with Gasteiger partial charge >= 0.3 is 0 Å². The lowest BCUT2D eigenvalue weighted by Gasteiger charge is -2.16. The molecule has 8 heteroatoms. The molecule has 1 aliphatic heterocycles. The number of nitrogens with zero attached hydrogens (tertiary/aromatic N) is 2. The maximum absolute atomic E-state index is 11.8. The number of hydrogen-bond acceptors (Lipinski definition) is 3. The van der Waals surface area contributed by atoms with Crippen LogP contribution in [0.1, 0.15) is 31.7 Å². The minimum atomic E-state index is -0.0515. The molecule has 3 N–H and O–H groups in total. The summed E-state index contributed by atoms with van der Waals surface area (Å²) >= 11 is 0. The average molecular weight is 473 g/mol. The maximum Gasteiger partial charge on any atom is 0.239 e. The Bertz CT molecular complexity index is 619. The van der Waals surface area contributed by atoms with Crippen molar-refractivity contribution in [3.8, 4) is 0 Å². The monoisotopic (exact) mass is 473 g/mol. The van der Waals surface area contributed by atoms with Crippen molar-refractivity contribution in [2.24, 2.45) is 4.99 Å². The van der Waals surface area contributed by atoms with E-state index in [9.17, 15) is 9.59 Å². The normalized spacial score (nSPS) is 14.0. The van der Waals surface area contributed by atoms with Crippen LogP contribution in [0.5, 0.6) is 0 Å². The fourth-order valence-electron chi connectivity index (χ4n) is 2.61. The number of halogens is 1. The molecule has 26 heavy (non-hydrogen) atoms. The summed E-state index contributed by atoms with van der Waals surface area (Å²) < 4.78 is 0. The number of anilines is 1. The van der Waals surface area contributed by atoms with E-state index in [-0.39, 0.29) is 42.3 Å². The lowest BCUT2D eigenvalue weighted by atomic mass is 10.2. The Morgan fingerprint density at radius 3 is 2.50 bits per heavy atom. The minimum Gasteiger partial charge on any atom is -0.355 e. The second-order valence-corrected chi connectivity index (χ2v) is 5.94. The van der Waals surface area contributed by atoms with E-state index in [0.29, 0.717) is 25.5 Å². The highest BCUT2D eigenvalue weighted by molar-refractivity contribution is 14.0. The molecule has 0 bridgehead atoms. The first-order valence-electron chi connectivity index (χ1n) is 8.74. The van der Waals surface area contributed by atoms with Crippen LogP contribution in [-0.4, -0.2) is 44.5 Å². The van der Waals surface area contributed by atoms with Crippen LogP contribution < -0.4 is 20.9 Å². The number of nitrogens with one attached hydrogen (secondary N) is 3. The minimum absolute atomic E-state index is 0. The number of amides is 2. The molecular formula is C18H28IN5O2. The third-order valence-corrected chi connectivity index (χ3v) is 3.99. The smallest absolute Gasteiger partial charge is 0.239 e. The van der Waals surface area contributed by atoms with Crippen LogP contribution in [0.25, 0.3) is 0 Å². The Hall–Kier alpha value is -1.84. The van der Waals surface area contributed by atoms with Crippen LogP contribution in [-0.2, 0) is 16.1 Å². The molecule has 1 saturated heterocycles. The Balaban J connectivity index is 0.00000338. The van der Waals surface area contributed by atoms with Gasteiger partial charge in [0.05, 0.1) is 6.54 Å². The van der Waals surface area contributed by atoms with Gasteiger partial charge in [0.2, 0.25) is 11.8 Å². The quantitative estimate of drug-likeness (QED) is 0.319. The Morgan fingerprint density at radius 2 is 1.92 bits per heavy atom. The van der Waals surface area contributed by atoms with Crippen molar-refractivity contribution in [3.63, 3.8) is 0 Å². The van der Waals surface area contributed by atoms with E-state index in [4.69, 9.17) is 0 Å². The molecule has 0 spiro atoms. The molecule has 0 unspecified atom stereocenters. The van der Waals surface area contributed by atoms with Gasteiger partial charge in [-0.05, 0) is 30.5 Å². The number of guanidine groups is 1. The highest BCUT2D eigenvalue weighted by Gasteiger charge is 2.21. The fourth-order valence-corrected chi connectivity index (χ4v) is 2.61. The van der Waals surface area contributed by atoms with Crippen LogP contribution in [0.15, 0.2) is 29.3 Å². The van der Waals surface area contributed by atoms with Gasteiger partial charge in [0, 0.05) is 38.8 Å². The molecule has 0 atom stereocenters. The van der Waals surface area contributed by atoms with Crippen molar-refractivity contribution in [2.75, 3.05) is 31.6 Å². The van der Waals surface area contributed by atoms with Gasteiger partial charge in [-0.2, -0.15) is 0 Å². The zero-order valence-corrected chi connectivity index (χ0v) is 17.7. The van der Waals surface area contributed by atoms with E-state index in [1.807, 2.05) is 36.1 Å². The summed E-state index contributed by atoms with van der Waals surface area (Å²) in [7, 11) is 1.67. The third-order valence-electron chi connectivity index (χ3n) is 3.99. The molecule has 1 heterocycles. The number of carbonyl (C=O) groups excluding carboxylic acids is 2. The molecule has 1 aromatic rings. The van der Waals surface area contributed by atoms with Gasteiger partial charge < -0.3 is 20.9 Å². The number of benzene rings is 1. The molecule has 2 rings (SSSR count). The van der Waals surface area contributed by atoms with Crippen molar-refractivity contribution in [3.05, 3.63) is 29.8 Å². The molecule has 0 saturated carbocycles. The zero-order valence-electron chi connectivity index (χ0n) is 15.4. The summed E-state index contributed by atoms with van der Waals surface area (Å²) in [6, 6.07) is 7.92. The molecule has 1 fully saturated rings. The number of aliphatic imine (C=N–C) groups is 1. The largest absolute Gasteiger partial charge is 0.355 e. The maximum atomic E-state index is 11.8. The highest BCUT2D eigenvalue weighted by atomic mass is 127. The third kappa shape index (κ3) is 6.81. The molecule has 144 valence electrons. The summed E-state index contributed by atoms with van der Waals surface area (Å²) in [5.41, 5.74) is 2.02. The predicted octanol–water partition coefficient (Wildman–Crippen LogP) is 1.62. The lowest BCUT2D eigenvalue weighted by molar-refractivity contribution is -0.120. The lowest BCUT2D eigenvalue weighted by Crippen LogP contribution is -2.43. The van der Waals surface area contributed by atoms with Gasteiger partial charge in [0.1, 0.15) is 0 Å². The molecule has 0 aromatic heterocycles. The van der Waals surface area contributed by atoms with Gasteiger partial charge in [-0.25, -0.2) is 0 Å². The molecular weight excluding hydrogens is 445 g/mol. The predicted molar refractivity (Wildman–Crippen MR) is 115 cm³/mol. The van der Waals surface area contributed by atoms with Crippen molar-refractivity contribution in [1.82, 2.24) is 16.0 Å². The van der Waals surface area contributed by atoms with E-state index in [2.05, 4.69) is 20.9 Å². The van der Waals surface area contributed by atoms with E-state index in [1.54, 1.807) is 7.05 Å². The van der Waals surface area contributed by atoms with Gasteiger partial charge in [-0.1, -0.05) is 19.1 Å². The second kappa shape index (κ2) is 11.7. The Labute approximate surface area is 172 Å². The molecule has 1 aromatic carbocycles. The van der Waals surface area contributed by atoms with Crippen LogP contribution in [0.3, 0.4) is 0 Å². The van der Waals surface area contributed by atoms with E-state index in [0.717, 1.165) is 30.6 Å². The SMILES string of the molecule is CCCNC(=O)CNC(=NC)NCc1ccc(N2CCCC2=O)cc1.I. The highest BCUT2D eigenvalue weighted by Crippen LogP contribution is 2.21.